The van der Waals surface area contributed by atoms with Crippen molar-refractivity contribution >= 4 is 17.4 Å². The zero-order valence-corrected chi connectivity index (χ0v) is 13.3. The van der Waals surface area contributed by atoms with E-state index in [9.17, 15) is 9.90 Å². The number of phenolic OH excluding ortho intramolecular Hbond substituents is 1. The first-order valence-corrected chi connectivity index (χ1v) is 8.18. The maximum absolute atomic E-state index is 12.6. The van der Waals surface area contributed by atoms with Crippen LogP contribution in [-0.2, 0) is 17.9 Å². The second-order valence-corrected chi connectivity index (χ2v) is 6.22. The van der Waals surface area contributed by atoms with Gasteiger partial charge in [-0.05, 0) is 35.7 Å². The summed E-state index contributed by atoms with van der Waals surface area (Å²) < 4.78 is 0. The fourth-order valence-electron chi connectivity index (χ4n) is 3.34. The van der Waals surface area contributed by atoms with Gasteiger partial charge in [-0.1, -0.05) is 30.3 Å². The molecule has 0 radical (unpaired) electrons. The molecule has 5 heteroatoms. The van der Waals surface area contributed by atoms with E-state index < -0.39 is 0 Å². The van der Waals surface area contributed by atoms with Crippen LogP contribution in [-0.4, -0.2) is 27.8 Å². The van der Waals surface area contributed by atoms with E-state index in [1.54, 1.807) is 12.1 Å². The van der Waals surface area contributed by atoms with Gasteiger partial charge in [0.1, 0.15) is 17.6 Å². The van der Waals surface area contributed by atoms with Gasteiger partial charge in [-0.3, -0.25) is 4.79 Å². The van der Waals surface area contributed by atoms with Crippen molar-refractivity contribution in [3.05, 3.63) is 59.7 Å². The molecule has 5 nitrogen and oxygen atoms in total. The third kappa shape index (κ3) is 2.73. The van der Waals surface area contributed by atoms with E-state index in [1.165, 1.54) is 5.56 Å². The Hall–Kier alpha value is -2.82. The summed E-state index contributed by atoms with van der Waals surface area (Å²) in [6, 6.07) is 14.8. The van der Waals surface area contributed by atoms with E-state index in [2.05, 4.69) is 16.3 Å². The standard InChI is InChI=1S/C19H19N3O2/c23-15-7-5-13(6-8-15)11-20-19(24)17-9-10-18-21-16-4-2-1-3-14(16)12-22(17)18/h1-8,17,23H,9-12H2,(H,20,24)/t17-/m0/s1. The fraction of sp³-hybridized carbons (Fsp3) is 0.263. The zero-order chi connectivity index (χ0) is 16.5. The van der Waals surface area contributed by atoms with Gasteiger partial charge in [-0.15, -0.1) is 0 Å². The van der Waals surface area contributed by atoms with Gasteiger partial charge in [0.25, 0.3) is 0 Å². The summed E-state index contributed by atoms with van der Waals surface area (Å²) in [4.78, 5) is 19.4. The Bertz CT molecular complexity index is 799. The monoisotopic (exact) mass is 321 g/mol. The molecule has 24 heavy (non-hydrogen) atoms. The first-order chi connectivity index (χ1) is 11.7. The maximum Gasteiger partial charge on any atom is 0.243 e. The number of carbonyl (C=O) groups is 1. The number of carbonyl (C=O) groups excluding carboxylic acids is 1. The Morgan fingerprint density at radius 1 is 1.21 bits per heavy atom. The average molecular weight is 321 g/mol. The molecule has 2 aromatic rings. The maximum atomic E-state index is 12.6. The molecule has 1 fully saturated rings. The van der Waals surface area contributed by atoms with Crippen molar-refractivity contribution in [1.82, 2.24) is 10.2 Å². The minimum absolute atomic E-state index is 0.0349. The Morgan fingerprint density at radius 2 is 2.00 bits per heavy atom. The lowest BCUT2D eigenvalue weighted by Gasteiger charge is -2.29. The van der Waals surface area contributed by atoms with E-state index >= 15 is 0 Å². The second kappa shape index (κ2) is 6.00. The van der Waals surface area contributed by atoms with Crippen LogP contribution in [0.2, 0.25) is 0 Å². The number of phenols is 1. The van der Waals surface area contributed by atoms with Crippen LogP contribution in [0.1, 0.15) is 24.0 Å². The van der Waals surface area contributed by atoms with Crippen molar-refractivity contribution in [1.29, 1.82) is 0 Å². The number of fused-ring (bicyclic) bond motifs is 2. The van der Waals surface area contributed by atoms with Crippen LogP contribution in [0.15, 0.2) is 53.5 Å². The first kappa shape index (κ1) is 14.8. The number of para-hydroxylation sites is 1. The molecular weight excluding hydrogens is 302 g/mol. The number of aromatic hydroxyl groups is 1. The predicted octanol–water partition coefficient (Wildman–Crippen LogP) is 2.72. The topological polar surface area (TPSA) is 64.9 Å². The lowest BCUT2D eigenvalue weighted by Crippen LogP contribution is -2.44. The molecule has 2 heterocycles. The lowest BCUT2D eigenvalue weighted by atomic mass is 10.1. The Morgan fingerprint density at radius 3 is 2.83 bits per heavy atom. The second-order valence-electron chi connectivity index (χ2n) is 6.22. The van der Waals surface area contributed by atoms with Crippen LogP contribution in [0, 0.1) is 0 Å². The molecule has 0 saturated carbocycles. The Kier molecular flexibility index (Phi) is 3.69. The van der Waals surface area contributed by atoms with Crippen molar-refractivity contribution < 1.29 is 9.90 Å². The van der Waals surface area contributed by atoms with Gasteiger partial charge in [0, 0.05) is 19.5 Å². The Balaban J connectivity index is 1.44. The van der Waals surface area contributed by atoms with E-state index in [4.69, 9.17) is 4.99 Å². The molecule has 2 aliphatic heterocycles. The normalized spacial score (nSPS) is 18.6. The number of amidine groups is 1. The summed E-state index contributed by atoms with van der Waals surface area (Å²) in [6.07, 6.45) is 1.64. The van der Waals surface area contributed by atoms with Crippen molar-refractivity contribution in [3.8, 4) is 5.75 Å². The molecule has 2 N–H and O–H groups in total. The van der Waals surface area contributed by atoms with Gasteiger partial charge in [0.2, 0.25) is 5.91 Å². The summed E-state index contributed by atoms with van der Waals surface area (Å²) >= 11 is 0. The van der Waals surface area contributed by atoms with Gasteiger partial charge < -0.3 is 15.3 Å². The van der Waals surface area contributed by atoms with Crippen molar-refractivity contribution in [2.75, 3.05) is 0 Å². The molecule has 4 rings (SSSR count). The van der Waals surface area contributed by atoms with Gasteiger partial charge in [-0.25, -0.2) is 4.99 Å². The van der Waals surface area contributed by atoms with E-state index in [0.29, 0.717) is 6.54 Å². The third-order valence-corrected chi connectivity index (χ3v) is 4.64. The van der Waals surface area contributed by atoms with Crippen LogP contribution in [0.25, 0.3) is 0 Å². The highest BCUT2D eigenvalue weighted by Crippen LogP contribution is 2.32. The predicted molar refractivity (Wildman–Crippen MR) is 92.1 cm³/mol. The summed E-state index contributed by atoms with van der Waals surface area (Å²) in [5, 5.41) is 12.3. The average Bonchev–Trinajstić information content (AvgIpc) is 3.02. The van der Waals surface area contributed by atoms with Gasteiger partial charge in [0.05, 0.1) is 5.69 Å². The molecule has 0 bridgehead atoms. The third-order valence-electron chi connectivity index (χ3n) is 4.64. The number of amides is 1. The fourth-order valence-corrected chi connectivity index (χ4v) is 3.34. The van der Waals surface area contributed by atoms with Gasteiger partial charge in [0.15, 0.2) is 0 Å². The Labute approximate surface area is 140 Å². The zero-order valence-electron chi connectivity index (χ0n) is 13.3. The molecule has 2 aromatic carbocycles. The van der Waals surface area contributed by atoms with Crippen molar-refractivity contribution in [2.24, 2.45) is 4.99 Å². The first-order valence-electron chi connectivity index (χ1n) is 8.18. The smallest absolute Gasteiger partial charge is 0.243 e. The largest absolute Gasteiger partial charge is 0.508 e. The molecule has 1 amide bonds. The van der Waals surface area contributed by atoms with Crippen LogP contribution in [0.4, 0.5) is 5.69 Å². The highest BCUT2D eigenvalue weighted by Gasteiger charge is 2.36. The van der Waals surface area contributed by atoms with E-state index in [1.807, 2.05) is 30.3 Å². The number of hydrogen-bond donors (Lipinski definition) is 2. The molecule has 2 aliphatic rings. The SMILES string of the molecule is O=C(NCc1ccc(O)cc1)[C@@H]1CCC2=Nc3ccccc3CN21. The van der Waals surface area contributed by atoms with Crippen LogP contribution in [0.5, 0.6) is 5.75 Å². The lowest BCUT2D eigenvalue weighted by molar-refractivity contribution is -0.125. The minimum Gasteiger partial charge on any atom is -0.508 e. The summed E-state index contributed by atoms with van der Waals surface area (Å²) in [5.74, 6) is 1.28. The molecule has 1 saturated heterocycles. The van der Waals surface area contributed by atoms with Crippen LogP contribution < -0.4 is 5.32 Å². The van der Waals surface area contributed by atoms with E-state index in [-0.39, 0.29) is 17.7 Å². The quantitative estimate of drug-likeness (QED) is 0.913. The summed E-state index contributed by atoms with van der Waals surface area (Å²) in [5.41, 5.74) is 3.16. The highest BCUT2D eigenvalue weighted by atomic mass is 16.3. The van der Waals surface area contributed by atoms with Crippen molar-refractivity contribution in [3.63, 3.8) is 0 Å². The number of nitrogens with one attached hydrogen (secondary N) is 1. The van der Waals surface area contributed by atoms with E-state index in [0.717, 1.165) is 36.5 Å². The van der Waals surface area contributed by atoms with Gasteiger partial charge in [-0.2, -0.15) is 0 Å². The highest BCUT2D eigenvalue weighted by molar-refractivity contribution is 5.95. The number of hydrogen-bond acceptors (Lipinski definition) is 4. The van der Waals surface area contributed by atoms with Gasteiger partial charge >= 0.3 is 0 Å². The number of nitrogens with zero attached hydrogens (tertiary/aromatic N) is 2. The minimum atomic E-state index is -0.158. The van der Waals surface area contributed by atoms with Crippen LogP contribution in [0.3, 0.4) is 0 Å². The molecule has 1 atom stereocenters. The molecule has 0 aliphatic carbocycles. The molecular formula is C19H19N3O2. The number of aliphatic imine (C=N–C) groups is 1. The number of rotatable bonds is 3. The summed E-state index contributed by atoms with van der Waals surface area (Å²) in [6.45, 7) is 1.21. The van der Waals surface area contributed by atoms with Crippen LogP contribution >= 0.6 is 0 Å². The molecule has 0 aromatic heterocycles. The molecule has 0 spiro atoms. The molecule has 0 unspecified atom stereocenters. The van der Waals surface area contributed by atoms with Crippen molar-refractivity contribution in [2.45, 2.75) is 32.0 Å². The molecule has 122 valence electrons. The number of benzene rings is 2. The summed E-state index contributed by atoms with van der Waals surface area (Å²) in [7, 11) is 0.